The van der Waals surface area contributed by atoms with Gasteiger partial charge in [-0.3, -0.25) is 15.6 Å². The molecule has 6 nitrogen and oxygen atoms in total. The number of hydrogen-bond donors (Lipinski definition) is 3. The molecule has 0 saturated heterocycles. The number of rotatable bonds is 6. The SMILES string of the molecule is C=C(C=Cc1ccc2c(c1)OCO2)NNC(=O)[C@H](O)c1ccccc1. The minimum absolute atomic E-state index is 0.229. The van der Waals surface area contributed by atoms with E-state index in [0.29, 0.717) is 17.0 Å². The van der Waals surface area contributed by atoms with Crippen molar-refractivity contribution in [2.45, 2.75) is 6.10 Å². The van der Waals surface area contributed by atoms with Crippen LogP contribution in [0.1, 0.15) is 17.2 Å². The van der Waals surface area contributed by atoms with Gasteiger partial charge in [-0.25, -0.2) is 0 Å². The molecule has 3 rings (SSSR count). The predicted octanol–water partition coefficient (Wildman–Crippen LogP) is 2.30. The normalized spacial score (nSPS) is 13.5. The van der Waals surface area contributed by atoms with Gasteiger partial charge in [0.15, 0.2) is 17.6 Å². The summed E-state index contributed by atoms with van der Waals surface area (Å²) in [5.41, 5.74) is 6.97. The fourth-order valence-electron chi connectivity index (χ4n) is 2.25. The number of amides is 1. The van der Waals surface area contributed by atoms with E-state index in [4.69, 9.17) is 9.47 Å². The van der Waals surface area contributed by atoms with Crippen molar-refractivity contribution in [3.63, 3.8) is 0 Å². The van der Waals surface area contributed by atoms with Crippen LogP contribution in [0.5, 0.6) is 11.5 Å². The lowest BCUT2D eigenvalue weighted by molar-refractivity contribution is -0.130. The van der Waals surface area contributed by atoms with Crippen molar-refractivity contribution in [3.05, 3.63) is 78.0 Å². The second-order valence-electron chi connectivity index (χ2n) is 5.40. The van der Waals surface area contributed by atoms with Crippen LogP contribution < -0.4 is 20.3 Å². The first kappa shape index (κ1) is 16.6. The third kappa shape index (κ3) is 4.19. The summed E-state index contributed by atoms with van der Waals surface area (Å²) in [6, 6.07) is 14.3. The molecular weight excluding hydrogens is 320 g/mol. The monoisotopic (exact) mass is 338 g/mol. The van der Waals surface area contributed by atoms with E-state index in [1.807, 2.05) is 30.3 Å². The number of allylic oxidation sites excluding steroid dienone is 1. The molecule has 0 aromatic heterocycles. The van der Waals surface area contributed by atoms with Gasteiger partial charge >= 0.3 is 0 Å². The van der Waals surface area contributed by atoms with Gasteiger partial charge in [-0.15, -0.1) is 0 Å². The number of fused-ring (bicyclic) bond motifs is 1. The largest absolute Gasteiger partial charge is 0.454 e. The van der Waals surface area contributed by atoms with E-state index in [0.717, 1.165) is 11.3 Å². The van der Waals surface area contributed by atoms with E-state index >= 15 is 0 Å². The molecule has 0 aliphatic carbocycles. The number of benzene rings is 2. The summed E-state index contributed by atoms with van der Waals surface area (Å²) < 4.78 is 10.6. The standard InChI is InChI=1S/C19H18N2O4/c1-13(7-8-14-9-10-16-17(11-14)25-12-24-16)20-21-19(23)18(22)15-5-3-2-4-6-15/h2-11,18,20,22H,1,12H2,(H,21,23)/t18-/m1/s1. The molecule has 1 aliphatic heterocycles. The van der Waals surface area contributed by atoms with Crippen molar-refractivity contribution in [3.8, 4) is 11.5 Å². The molecule has 0 spiro atoms. The van der Waals surface area contributed by atoms with Gasteiger partial charge in [-0.2, -0.15) is 0 Å². The average molecular weight is 338 g/mol. The summed E-state index contributed by atoms with van der Waals surface area (Å²) in [5.74, 6) is 0.847. The van der Waals surface area contributed by atoms with Gasteiger partial charge in [0.05, 0.1) is 0 Å². The zero-order chi connectivity index (χ0) is 17.6. The highest BCUT2D eigenvalue weighted by atomic mass is 16.7. The number of nitrogens with one attached hydrogen (secondary N) is 2. The summed E-state index contributed by atoms with van der Waals surface area (Å²) in [6.07, 6.45) is 2.27. The first-order chi connectivity index (χ1) is 12.1. The molecule has 1 heterocycles. The summed E-state index contributed by atoms with van der Waals surface area (Å²) in [7, 11) is 0. The summed E-state index contributed by atoms with van der Waals surface area (Å²) in [6.45, 7) is 4.02. The van der Waals surface area contributed by atoms with Crippen molar-refractivity contribution >= 4 is 12.0 Å². The molecule has 0 saturated carbocycles. The molecule has 2 aromatic rings. The Morgan fingerprint density at radius 1 is 1.12 bits per heavy atom. The Bertz CT molecular complexity index is 802. The Kier molecular flexibility index (Phi) is 5.01. The Morgan fingerprint density at radius 3 is 2.68 bits per heavy atom. The van der Waals surface area contributed by atoms with Crippen molar-refractivity contribution in [2.75, 3.05) is 6.79 Å². The third-order valence-electron chi connectivity index (χ3n) is 3.58. The number of ether oxygens (including phenoxy) is 2. The maximum Gasteiger partial charge on any atom is 0.271 e. The number of aliphatic hydroxyl groups is 1. The van der Waals surface area contributed by atoms with Crippen molar-refractivity contribution in [2.24, 2.45) is 0 Å². The topological polar surface area (TPSA) is 79.8 Å². The molecule has 0 radical (unpaired) electrons. The van der Waals surface area contributed by atoms with Gasteiger partial charge in [0, 0.05) is 5.70 Å². The molecular formula is C19H18N2O4. The van der Waals surface area contributed by atoms with Crippen molar-refractivity contribution in [1.29, 1.82) is 0 Å². The quantitative estimate of drug-likeness (QED) is 0.556. The zero-order valence-electron chi connectivity index (χ0n) is 13.4. The molecule has 25 heavy (non-hydrogen) atoms. The molecule has 0 bridgehead atoms. The second-order valence-corrected chi connectivity index (χ2v) is 5.40. The molecule has 1 atom stereocenters. The van der Waals surface area contributed by atoms with Crippen LogP contribution >= 0.6 is 0 Å². The summed E-state index contributed by atoms with van der Waals surface area (Å²) in [4.78, 5) is 11.9. The molecule has 2 aromatic carbocycles. The molecule has 128 valence electrons. The summed E-state index contributed by atoms with van der Waals surface area (Å²) >= 11 is 0. The van der Waals surface area contributed by atoms with Crippen molar-refractivity contribution < 1.29 is 19.4 Å². The molecule has 6 heteroatoms. The first-order valence-electron chi connectivity index (χ1n) is 7.69. The van der Waals surface area contributed by atoms with Crippen LogP contribution in [0.3, 0.4) is 0 Å². The zero-order valence-corrected chi connectivity index (χ0v) is 13.4. The minimum atomic E-state index is -1.25. The highest BCUT2D eigenvalue weighted by Crippen LogP contribution is 2.32. The highest BCUT2D eigenvalue weighted by Gasteiger charge is 2.16. The van der Waals surface area contributed by atoms with E-state index in [9.17, 15) is 9.90 Å². The van der Waals surface area contributed by atoms with Gasteiger partial charge < -0.3 is 14.6 Å². The lowest BCUT2D eigenvalue weighted by Crippen LogP contribution is -2.39. The van der Waals surface area contributed by atoms with Crippen LogP contribution in [0.4, 0.5) is 0 Å². The van der Waals surface area contributed by atoms with E-state index in [2.05, 4.69) is 17.4 Å². The van der Waals surface area contributed by atoms with Crippen LogP contribution in [0, 0.1) is 0 Å². The lowest BCUT2D eigenvalue weighted by Gasteiger charge is -2.13. The van der Waals surface area contributed by atoms with Gasteiger partial charge in [0.25, 0.3) is 5.91 Å². The fraction of sp³-hybridized carbons (Fsp3) is 0.105. The third-order valence-corrected chi connectivity index (χ3v) is 3.58. The Labute approximate surface area is 145 Å². The Balaban J connectivity index is 1.51. The maximum atomic E-state index is 11.9. The predicted molar refractivity (Wildman–Crippen MR) is 93.4 cm³/mol. The van der Waals surface area contributed by atoms with E-state index in [-0.39, 0.29) is 6.79 Å². The summed E-state index contributed by atoms with van der Waals surface area (Å²) in [5, 5.41) is 9.97. The number of carbonyl (C=O) groups excluding carboxylic acids is 1. The highest BCUT2D eigenvalue weighted by molar-refractivity contribution is 5.81. The molecule has 0 unspecified atom stereocenters. The van der Waals surface area contributed by atoms with Crippen LogP contribution in [0.15, 0.2) is 66.9 Å². The van der Waals surface area contributed by atoms with Crippen LogP contribution in [0.25, 0.3) is 6.08 Å². The number of carbonyl (C=O) groups is 1. The number of aliphatic hydroxyl groups excluding tert-OH is 1. The smallest absolute Gasteiger partial charge is 0.271 e. The van der Waals surface area contributed by atoms with Crippen LogP contribution in [0.2, 0.25) is 0 Å². The Morgan fingerprint density at radius 2 is 1.88 bits per heavy atom. The van der Waals surface area contributed by atoms with Gasteiger partial charge in [0.1, 0.15) is 0 Å². The van der Waals surface area contributed by atoms with Crippen LogP contribution in [-0.2, 0) is 4.79 Å². The minimum Gasteiger partial charge on any atom is -0.454 e. The first-order valence-corrected chi connectivity index (χ1v) is 7.69. The van der Waals surface area contributed by atoms with E-state index in [1.165, 1.54) is 0 Å². The molecule has 0 fully saturated rings. The lowest BCUT2D eigenvalue weighted by atomic mass is 10.1. The van der Waals surface area contributed by atoms with Gasteiger partial charge in [0.2, 0.25) is 6.79 Å². The second kappa shape index (κ2) is 7.55. The van der Waals surface area contributed by atoms with E-state index < -0.39 is 12.0 Å². The van der Waals surface area contributed by atoms with Gasteiger partial charge in [-0.05, 0) is 29.3 Å². The van der Waals surface area contributed by atoms with Crippen molar-refractivity contribution in [1.82, 2.24) is 10.9 Å². The van der Waals surface area contributed by atoms with E-state index in [1.54, 1.807) is 30.3 Å². The maximum absolute atomic E-state index is 11.9. The van der Waals surface area contributed by atoms with Gasteiger partial charge in [-0.1, -0.05) is 49.1 Å². The Hall–Kier alpha value is -3.25. The average Bonchev–Trinajstić information content (AvgIpc) is 3.12. The fourth-order valence-corrected chi connectivity index (χ4v) is 2.25. The molecule has 1 amide bonds. The number of hydrazine groups is 1. The number of hydrogen-bond acceptors (Lipinski definition) is 5. The van der Waals surface area contributed by atoms with Crippen LogP contribution in [-0.4, -0.2) is 17.8 Å². The molecule has 1 aliphatic rings. The molecule has 3 N–H and O–H groups in total.